The van der Waals surface area contributed by atoms with Crippen molar-refractivity contribution in [3.8, 4) is 11.5 Å². The van der Waals surface area contributed by atoms with Crippen LogP contribution < -0.4 is 9.47 Å². The van der Waals surface area contributed by atoms with Gasteiger partial charge in [0.05, 0.1) is 13.7 Å². The molecule has 1 aromatic rings. The summed E-state index contributed by atoms with van der Waals surface area (Å²) < 4.78 is 16.3. The summed E-state index contributed by atoms with van der Waals surface area (Å²) in [6, 6.07) is 6.27. The zero-order valence-electron chi connectivity index (χ0n) is 14.1. The molecular weight excluding hydrogens is 264 g/mol. The zero-order chi connectivity index (χ0) is 15.7. The largest absolute Gasteiger partial charge is 0.493 e. The summed E-state index contributed by atoms with van der Waals surface area (Å²) in [4.78, 5) is 0. The van der Waals surface area contributed by atoms with Crippen LogP contribution in [0.15, 0.2) is 18.2 Å². The van der Waals surface area contributed by atoms with E-state index < -0.39 is 0 Å². The van der Waals surface area contributed by atoms with Crippen LogP contribution in [0.4, 0.5) is 0 Å². The Bertz CT molecular complexity index is 401. The van der Waals surface area contributed by atoms with E-state index in [0.717, 1.165) is 24.3 Å². The highest BCUT2D eigenvalue weighted by molar-refractivity contribution is 5.43. The van der Waals surface area contributed by atoms with E-state index in [2.05, 4.69) is 32.9 Å². The Hall–Kier alpha value is -1.22. The minimum Gasteiger partial charge on any atom is -0.493 e. The molecule has 0 saturated carbocycles. The van der Waals surface area contributed by atoms with Crippen LogP contribution >= 0.6 is 0 Å². The van der Waals surface area contributed by atoms with Crippen molar-refractivity contribution in [3.05, 3.63) is 23.8 Å². The van der Waals surface area contributed by atoms with Crippen LogP contribution in [0.2, 0.25) is 0 Å². The topological polar surface area (TPSA) is 27.7 Å². The van der Waals surface area contributed by atoms with E-state index in [1.165, 1.54) is 12.0 Å². The van der Waals surface area contributed by atoms with Gasteiger partial charge in [0.25, 0.3) is 0 Å². The number of benzene rings is 1. The SMILES string of the molecule is CCC(Cc1ccc(OC)c(OCCCOC)c1)C(C)C. The Labute approximate surface area is 129 Å². The minimum absolute atomic E-state index is 0.648. The van der Waals surface area contributed by atoms with Crippen LogP contribution in [-0.2, 0) is 11.2 Å². The molecule has 0 aliphatic rings. The van der Waals surface area contributed by atoms with Gasteiger partial charge in [0.15, 0.2) is 11.5 Å². The van der Waals surface area contributed by atoms with Crippen LogP contribution in [0, 0.1) is 11.8 Å². The van der Waals surface area contributed by atoms with Crippen LogP contribution in [0.25, 0.3) is 0 Å². The summed E-state index contributed by atoms with van der Waals surface area (Å²) in [5.41, 5.74) is 1.32. The Morgan fingerprint density at radius 3 is 2.38 bits per heavy atom. The fourth-order valence-corrected chi connectivity index (χ4v) is 2.50. The van der Waals surface area contributed by atoms with E-state index in [-0.39, 0.29) is 0 Å². The van der Waals surface area contributed by atoms with Crippen molar-refractivity contribution in [1.82, 2.24) is 0 Å². The fourth-order valence-electron chi connectivity index (χ4n) is 2.50. The third-order valence-electron chi connectivity index (χ3n) is 3.94. The Morgan fingerprint density at radius 2 is 1.81 bits per heavy atom. The van der Waals surface area contributed by atoms with Gasteiger partial charge in [0.1, 0.15) is 0 Å². The van der Waals surface area contributed by atoms with Crippen molar-refractivity contribution >= 4 is 0 Å². The summed E-state index contributed by atoms with van der Waals surface area (Å²) in [5.74, 6) is 3.04. The van der Waals surface area contributed by atoms with E-state index in [4.69, 9.17) is 14.2 Å². The molecule has 120 valence electrons. The standard InChI is InChI=1S/C18H30O3/c1-6-16(14(2)3)12-15-8-9-17(20-5)18(13-15)21-11-7-10-19-4/h8-9,13-14,16H,6-7,10-12H2,1-5H3. The maximum atomic E-state index is 5.84. The molecule has 0 amide bonds. The molecule has 21 heavy (non-hydrogen) atoms. The second-order valence-corrected chi connectivity index (χ2v) is 5.80. The normalized spacial score (nSPS) is 12.5. The lowest BCUT2D eigenvalue weighted by Gasteiger charge is -2.20. The smallest absolute Gasteiger partial charge is 0.161 e. The monoisotopic (exact) mass is 294 g/mol. The van der Waals surface area contributed by atoms with Crippen molar-refractivity contribution < 1.29 is 14.2 Å². The minimum atomic E-state index is 0.648. The first-order valence-electron chi connectivity index (χ1n) is 7.91. The van der Waals surface area contributed by atoms with Gasteiger partial charge in [-0.2, -0.15) is 0 Å². The fraction of sp³-hybridized carbons (Fsp3) is 0.667. The lowest BCUT2D eigenvalue weighted by molar-refractivity contribution is 0.170. The predicted octanol–water partition coefficient (Wildman–Crippen LogP) is 4.34. The molecule has 3 heteroatoms. The van der Waals surface area contributed by atoms with Gasteiger partial charge in [-0.05, 0) is 36.0 Å². The molecule has 1 atom stereocenters. The van der Waals surface area contributed by atoms with Gasteiger partial charge >= 0.3 is 0 Å². The van der Waals surface area contributed by atoms with Crippen LogP contribution in [0.3, 0.4) is 0 Å². The van der Waals surface area contributed by atoms with E-state index in [1.807, 2.05) is 6.07 Å². The van der Waals surface area contributed by atoms with Crippen molar-refractivity contribution in [2.45, 2.75) is 40.0 Å². The number of hydrogen-bond donors (Lipinski definition) is 0. The second-order valence-electron chi connectivity index (χ2n) is 5.80. The van der Waals surface area contributed by atoms with Crippen molar-refractivity contribution in [2.24, 2.45) is 11.8 Å². The summed E-state index contributed by atoms with van der Waals surface area (Å²) in [5, 5.41) is 0. The molecule has 0 saturated heterocycles. The number of hydrogen-bond acceptors (Lipinski definition) is 3. The van der Waals surface area contributed by atoms with Crippen LogP contribution in [-0.4, -0.2) is 27.4 Å². The molecule has 0 radical (unpaired) electrons. The quantitative estimate of drug-likeness (QED) is 0.601. The van der Waals surface area contributed by atoms with Crippen LogP contribution in [0.1, 0.15) is 39.2 Å². The highest BCUT2D eigenvalue weighted by Crippen LogP contribution is 2.30. The van der Waals surface area contributed by atoms with Gasteiger partial charge in [0.2, 0.25) is 0 Å². The lowest BCUT2D eigenvalue weighted by Crippen LogP contribution is -2.11. The summed E-state index contributed by atoms with van der Waals surface area (Å²) in [6.07, 6.45) is 3.17. The third-order valence-corrected chi connectivity index (χ3v) is 3.94. The maximum Gasteiger partial charge on any atom is 0.161 e. The van der Waals surface area contributed by atoms with Crippen molar-refractivity contribution in [1.29, 1.82) is 0 Å². The first-order chi connectivity index (χ1) is 10.1. The molecule has 0 aliphatic carbocycles. The van der Waals surface area contributed by atoms with E-state index >= 15 is 0 Å². The molecule has 1 rings (SSSR count). The van der Waals surface area contributed by atoms with E-state index in [9.17, 15) is 0 Å². The molecule has 0 aliphatic heterocycles. The van der Waals surface area contributed by atoms with Gasteiger partial charge in [0, 0.05) is 20.1 Å². The zero-order valence-corrected chi connectivity index (χ0v) is 14.1. The summed E-state index contributed by atoms with van der Waals surface area (Å²) in [6.45, 7) is 8.21. The van der Waals surface area contributed by atoms with Gasteiger partial charge in [-0.3, -0.25) is 0 Å². The Morgan fingerprint density at radius 1 is 1.05 bits per heavy atom. The molecule has 1 unspecified atom stereocenters. The predicted molar refractivity (Wildman–Crippen MR) is 87.3 cm³/mol. The van der Waals surface area contributed by atoms with Crippen LogP contribution in [0.5, 0.6) is 11.5 Å². The summed E-state index contributed by atoms with van der Waals surface area (Å²) in [7, 11) is 3.39. The molecular formula is C18H30O3. The number of rotatable bonds is 10. The van der Waals surface area contributed by atoms with Gasteiger partial charge in [-0.25, -0.2) is 0 Å². The molecule has 0 fully saturated rings. The molecule has 3 nitrogen and oxygen atoms in total. The average molecular weight is 294 g/mol. The molecule has 1 aromatic carbocycles. The molecule has 0 spiro atoms. The molecule has 0 N–H and O–H groups in total. The summed E-state index contributed by atoms with van der Waals surface area (Å²) >= 11 is 0. The Balaban J connectivity index is 2.74. The first kappa shape index (κ1) is 17.8. The lowest BCUT2D eigenvalue weighted by atomic mass is 9.87. The number of methoxy groups -OCH3 is 2. The number of ether oxygens (including phenoxy) is 3. The maximum absolute atomic E-state index is 5.84. The first-order valence-corrected chi connectivity index (χ1v) is 7.91. The average Bonchev–Trinajstić information content (AvgIpc) is 2.49. The molecule has 0 heterocycles. The van der Waals surface area contributed by atoms with Crippen molar-refractivity contribution in [3.63, 3.8) is 0 Å². The molecule has 0 aromatic heterocycles. The Kier molecular flexibility index (Phi) is 8.21. The van der Waals surface area contributed by atoms with Crippen molar-refractivity contribution in [2.75, 3.05) is 27.4 Å². The van der Waals surface area contributed by atoms with Gasteiger partial charge < -0.3 is 14.2 Å². The van der Waals surface area contributed by atoms with Gasteiger partial charge in [-0.1, -0.05) is 33.3 Å². The highest BCUT2D eigenvalue weighted by Gasteiger charge is 2.13. The van der Waals surface area contributed by atoms with E-state index in [1.54, 1.807) is 14.2 Å². The van der Waals surface area contributed by atoms with Gasteiger partial charge in [-0.15, -0.1) is 0 Å². The highest BCUT2D eigenvalue weighted by atomic mass is 16.5. The molecule has 0 bridgehead atoms. The third kappa shape index (κ3) is 5.96. The second kappa shape index (κ2) is 9.67. The van der Waals surface area contributed by atoms with E-state index in [0.29, 0.717) is 25.0 Å².